The van der Waals surface area contributed by atoms with Gasteiger partial charge in [-0.3, -0.25) is 4.90 Å². The Morgan fingerprint density at radius 3 is 1.94 bits per heavy atom. The summed E-state index contributed by atoms with van der Waals surface area (Å²) >= 11 is 0. The Morgan fingerprint density at radius 2 is 1.50 bits per heavy atom. The Kier molecular flexibility index (Phi) is 8.96. The van der Waals surface area contributed by atoms with Crippen LogP contribution < -0.4 is 0 Å². The molecule has 0 aromatic heterocycles. The number of rotatable bonds is 9. The quantitative estimate of drug-likeness (QED) is 0.598. The highest BCUT2D eigenvalue weighted by Gasteiger charge is 2.10. The summed E-state index contributed by atoms with van der Waals surface area (Å²) in [5, 5.41) is 0. The molecule has 0 aliphatic heterocycles. The minimum absolute atomic E-state index is 0.675. The lowest BCUT2D eigenvalue weighted by molar-refractivity contribution is 0.181. The lowest BCUT2D eigenvalue weighted by Gasteiger charge is -2.29. The molecular weight excluding hydrogens is 196 g/mol. The van der Waals surface area contributed by atoms with E-state index in [-0.39, 0.29) is 0 Å². The second-order valence-electron chi connectivity index (χ2n) is 5.62. The fraction of sp³-hybridized carbons (Fsp3) is 1.00. The number of hydrogen-bond donors (Lipinski definition) is 0. The second-order valence-corrected chi connectivity index (χ2v) is 5.62. The fourth-order valence-corrected chi connectivity index (χ4v) is 1.84. The van der Waals surface area contributed by atoms with Gasteiger partial charge < -0.3 is 4.90 Å². The first-order chi connectivity index (χ1) is 7.47. The van der Waals surface area contributed by atoms with Gasteiger partial charge in [-0.2, -0.15) is 0 Å². The fourth-order valence-electron chi connectivity index (χ4n) is 1.84. The van der Waals surface area contributed by atoms with Crippen molar-refractivity contribution in [1.29, 1.82) is 0 Å². The van der Waals surface area contributed by atoms with Crippen LogP contribution in [0.5, 0.6) is 0 Å². The normalized spacial score (nSPS) is 12.4. The van der Waals surface area contributed by atoms with Gasteiger partial charge >= 0.3 is 0 Å². The van der Waals surface area contributed by atoms with Crippen LogP contribution in [0.4, 0.5) is 0 Å². The monoisotopic (exact) mass is 228 g/mol. The van der Waals surface area contributed by atoms with E-state index in [1.54, 1.807) is 0 Å². The molecule has 0 radical (unpaired) electrons. The third-order valence-electron chi connectivity index (χ3n) is 3.10. The van der Waals surface area contributed by atoms with Crippen molar-refractivity contribution in [1.82, 2.24) is 9.80 Å². The lowest BCUT2D eigenvalue weighted by atomic mass is 10.1. The van der Waals surface area contributed by atoms with E-state index in [2.05, 4.69) is 51.5 Å². The van der Waals surface area contributed by atoms with Crippen LogP contribution in [0.2, 0.25) is 0 Å². The van der Waals surface area contributed by atoms with Crippen molar-refractivity contribution >= 4 is 0 Å². The van der Waals surface area contributed by atoms with Crippen LogP contribution in [-0.2, 0) is 0 Å². The Morgan fingerprint density at radius 1 is 0.875 bits per heavy atom. The Labute approximate surface area is 103 Å². The van der Waals surface area contributed by atoms with Gasteiger partial charge in [0.25, 0.3) is 0 Å². The first-order valence-electron chi connectivity index (χ1n) is 6.90. The smallest absolute Gasteiger partial charge is 0.0112 e. The van der Waals surface area contributed by atoms with Gasteiger partial charge in [-0.25, -0.2) is 0 Å². The summed E-state index contributed by atoms with van der Waals surface area (Å²) in [6.07, 6.45) is 2.57. The number of likely N-dealkylation sites (N-methyl/N-ethyl adjacent to an activating group) is 1. The first kappa shape index (κ1) is 15.9. The molecule has 2 heteroatoms. The van der Waals surface area contributed by atoms with Gasteiger partial charge in [-0.15, -0.1) is 0 Å². The molecule has 0 saturated carbocycles. The minimum Gasteiger partial charge on any atom is -0.305 e. The third-order valence-corrected chi connectivity index (χ3v) is 3.10. The van der Waals surface area contributed by atoms with E-state index in [0.717, 1.165) is 5.92 Å². The Hall–Kier alpha value is -0.0800. The first-order valence-corrected chi connectivity index (χ1v) is 6.90. The van der Waals surface area contributed by atoms with Crippen molar-refractivity contribution in [3.63, 3.8) is 0 Å². The van der Waals surface area contributed by atoms with Gasteiger partial charge in [0.1, 0.15) is 0 Å². The Bertz CT molecular complexity index is 155. The maximum atomic E-state index is 2.60. The average molecular weight is 228 g/mol. The van der Waals surface area contributed by atoms with Crippen LogP contribution in [0.25, 0.3) is 0 Å². The highest BCUT2D eigenvalue weighted by atomic mass is 15.2. The zero-order chi connectivity index (χ0) is 12.6. The summed E-state index contributed by atoms with van der Waals surface area (Å²) < 4.78 is 0. The van der Waals surface area contributed by atoms with Gasteiger partial charge in [0.2, 0.25) is 0 Å². The largest absolute Gasteiger partial charge is 0.305 e. The predicted molar refractivity (Wildman–Crippen MR) is 74.0 cm³/mol. The molecule has 0 fully saturated rings. The van der Waals surface area contributed by atoms with Crippen molar-refractivity contribution < 1.29 is 0 Å². The molecule has 0 aromatic rings. The molecular formula is C14H32N2. The third kappa shape index (κ3) is 8.12. The predicted octanol–water partition coefficient (Wildman–Crippen LogP) is 3.08. The van der Waals surface area contributed by atoms with Gasteiger partial charge in [-0.05, 0) is 52.7 Å². The van der Waals surface area contributed by atoms with Crippen LogP contribution in [0, 0.1) is 5.92 Å². The van der Waals surface area contributed by atoms with Crippen molar-refractivity contribution in [2.45, 2.75) is 53.5 Å². The van der Waals surface area contributed by atoms with E-state index in [1.165, 1.54) is 39.0 Å². The van der Waals surface area contributed by atoms with E-state index >= 15 is 0 Å². The van der Waals surface area contributed by atoms with Crippen LogP contribution in [0.3, 0.4) is 0 Å². The molecule has 0 N–H and O–H groups in total. The van der Waals surface area contributed by atoms with Crippen LogP contribution in [0.15, 0.2) is 0 Å². The van der Waals surface area contributed by atoms with E-state index < -0.39 is 0 Å². The van der Waals surface area contributed by atoms with Gasteiger partial charge in [0.15, 0.2) is 0 Å². The highest BCUT2D eigenvalue weighted by molar-refractivity contribution is 4.66. The van der Waals surface area contributed by atoms with Crippen molar-refractivity contribution in [3.05, 3.63) is 0 Å². The average Bonchev–Trinajstić information content (AvgIpc) is 2.17. The maximum Gasteiger partial charge on any atom is 0.0112 e. The summed E-state index contributed by atoms with van der Waals surface area (Å²) in [5.74, 6) is 0.814. The molecule has 0 bridgehead atoms. The standard InChI is InChI=1S/C14H32N2/c1-7-9-15(6)11-12-16(14(4)5)10-8-13(2)3/h13-14H,7-12H2,1-6H3. The van der Waals surface area contributed by atoms with E-state index in [4.69, 9.17) is 0 Å². The van der Waals surface area contributed by atoms with Crippen molar-refractivity contribution in [3.8, 4) is 0 Å². The van der Waals surface area contributed by atoms with Crippen molar-refractivity contribution in [2.75, 3.05) is 33.2 Å². The molecule has 0 spiro atoms. The summed E-state index contributed by atoms with van der Waals surface area (Å²) in [5.41, 5.74) is 0. The Balaban J connectivity index is 3.84. The molecule has 0 saturated heterocycles. The molecule has 0 unspecified atom stereocenters. The SMILES string of the molecule is CCCN(C)CCN(CCC(C)C)C(C)C. The summed E-state index contributed by atoms with van der Waals surface area (Å²) in [7, 11) is 2.23. The molecule has 0 rings (SSSR count). The zero-order valence-electron chi connectivity index (χ0n) is 12.3. The molecule has 0 heterocycles. The van der Waals surface area contributed by atoms with E-state index in [9.17, 15) is 0 Å². The van der Waals surface area contributed by atoms with E-state index in [0.29, 0.717) is 6.04 Å². The van der Waals surface area contributed by atoms with Gasteiger partial charge in [-0.1, -0.05) is 20.8 Å². The van der Waals surface area contributed by atoms with Crippen molar-refractivity contribution in [2.24, 2.45) is 5.92 Å². The highest BCUT2D eigenvalue weighted by Crippen LogP contribution is 2.05. The van der Waals surface area contributed by atoms with Crippen LogP contribution >= 0.6 is 0 Å². The second kappa shape index (κ2) is 9.00. The maximum absolute atomic E-state index is 2.60. The lowest BCUT2D eigenvalue weighted by Crippen LogP contribution is -2.38. The van der Waals surface area contributed by atoms with Crippen LogP contribution in [0.1, 0.15) is 47.5 Å². The number of nitrogens with zero attached hydrogens (tertiary/aromatic N) is 2. The molecule has 0 aliphatic rings. The number of hydrogen-bond acceptors (Lipinski definition) is 2. The summed E-state index contributed by atoms with van der Waals surface area (Å²) in [6.45, 7) is 16.3. The topological polar surface area (TPSA) is 6.48 Å². The van der Waals surface area contributed by atoms with Gasteiger partial charge in [0.05, 0.1) is 0 Å². The minimum atomic E-state index is 0.675. The molecule has 0 atom stereocenters. The molecule has 2 nitrogen and oxygen atoms in total. The molecule has 98 valence electrons. The molecule has 0 aromatic carbocycles. The summed E-state index contributed by atoms with van der Waals surface area (Å²) in [4.78, 5) is 5.04. The molecule has 0 amide bonds. The molecule has 0 aliphatic carbocycles. The zero-order valence-corrected chi connectivity index (χ0v) is 12.3. The summed E-state index contributed by atoms with van der Waals surface area (Å²) in [6, 6.07) is 0.675. The van der Waals surface area contributed by atoms with Gasteiger partial charge in [0, 0.05) is 19.1 Å². The van der Waals surface area contributed by atoms with Crippen LogP contribution in [-0.4, -0.2) is 49.1 Å². The molecule has 16 heavy (non-hydrogen) atoms. The van der Waals surface area contributed by atoms with E-state index in [1.807, 2.05) is 0 Å².